The minimum atomic E-state index is 0.532. The number of H-pyrrole nitrogens is 1. The second kappa shape index (κ2) is 4.99. The van der Waals surface area contributed by atoms with Crippen molar-refractivity contribution in [3.63, 3.8) is 0 Å². The summed E-state index contributed by atoms with van der Waals surface area (Å²) in [4.78, 5) is 24.3. The molecule has 3 rings (SSSR count). The van der Waals surface area contributed by atoms with Crippen molar-refractivity contribution in [3.8, 4) is 0 Å². The SMILES string of the molecule is CN(c1ncnc2[nH]ccc12)C1CC(CCC=O)C1. The molecule has 2 aromatic rings. The lowest BCUT2D eigenvalue weighted by atomic mass is 9.77. The molecule has 0 amide bonds. The Kier molecular flexibility index (Phi) is 3.19. The van der Waals surface area contributed by atoms with Gasteiger partial charge in [0.05, 0.1) is 5.39 Å². The van der Waals surface area contributed by atoms with Gasteiger partial charge in [0.2, 0.25) is 0 Å². The van der Waals surface area contributed by atoms with Crippen LogP contribution in [0.5, 0.6) is 0 Å². The maximum absolute atomic E-state index is 10.4. The number of carbonyl (C=O) groups is 1. The van der Waals surface area contributed by atoms with Gasteiger partial charge >= 0.3 is 0 Å². The zero-order valence-electron chi connectivity index (χ0n) is 11.0. The Morgan fingerprint density at radius 3 is 3.11 bits per heavy atom. The number of hydrogen-bond donors (Lipinski definition) is 1. The molecule has 1 N–H and O–H groups in total. The van der Waals surface area contributed by atoms with Crippen LogP contribution < -0.4 is 4.90 Å². The van der Waals surface area contributed by atoms with Gasteiger partial charge in [0.25, 0.3) is 0 Å². The molecule has 0 radical (unpaired) electrons. The lowest BCUT2D eigenvalue weighted by Crippen LogP contribution is -2.43. The molecule has 0 atom stereocenters. The van der Waals surface area contributed by atoms with Crippen molar-refractivity contribution < 1.29 is 4.79 Å². The maximum atomic E-state index is 10.4. The third kappa shape index (κ3) is 2.20. The second-order valence-corrected chi connectivity index (χ2v) is 5.28. The van der Waals surface area contributed by atoms with Gasteiger partial charge in [-0.25, -0.2) is 9.97 Å². The quantitative estimate of drug-likeness (QED) is 0.835. The summed E-state index contributed by atoms with van der Waals surface area (Å²) >= 11 is 0. The molecule has 1 fully saturated rings. The van der Waals surface area contributed by atoms with Crippen molar-refractivity contribution in [2.45, 2.75) is 31.7 Å². The molecule has 19 heavy (non-hydrogen) atoms. The summed E-state index contributed by atoms with van der Waals surface area (Å²) in [5.41, 5.74) is 0.883. The summed E-state index contributed by atoms with van der Waals surface area (Å²) in [5.74, 6) is 1.69. The molecule has 0 spiro atoms. The van der Waals surface area contributed by atoms with E-state index >= 15 is 0 Å². The fourth-order valence-electron chi connectivity index (χ4n) is 2.87. The predicted molar refractivity (Wildman–Crippen MR) is 74.1 cm³/mol. The highest BCUT2D eigenvalue weighted by Gasteiger charge is 2.32. The molecule has 2 aromatic heterocycles. The number of aldehydes is 1. The van der Waals surface area contributed by atoms with Gasteiger partial charge in [-0.05, 0) is 31.2 Å². The second-order valence-electron chi connectivity index (χ2n) is 5.28. The molecule has 0 unspecified atom stereocenters. The number of fused-ring (bicyclic) bond motifs is 1. The van der Waals surface area contributed by atoms with E-state index in [1.165, 1.54) is 0 Å². The number of aromatic nitrogens is 3. The van der Waals surface area contributed by atoms with Gasteiger partial charge in [-0.3, -0.25) is 0 Å². The minimum Gasteiger partial charge on any atom is -0.356 e. The summed E-state index contributed by atoms with van der Waals surface area (Å²) in [6, 6.07) is 2.55. The van der Waals surface area contributed by atoms with E-state index in [4.69, 9.17) is 0 Å². The first-order valence-corrected chi connectivity index (χ1v) is 6.74. The average molecular weight is 258 g/mol. The number of anilines is 1. The van der Waals surface area contributed by atoms with Gasteiger partial charge in [0.1, 0.15) is 24.1 Å². The number of aromatic amines is 1. The van der Waals surface area contributed by atoms with Crippen molar-refractivity contribution in [1.82, 2.24) is 15.0 Å². The normalized spacial score (nSPS) is 22.2. The fraction of sp³-hybridized carbons (Fsp3) is 0.500. The van der Waals surface area contributed by atoms with Crippen LogP contribution in [-0.2, 0) is 4.79 Å². The van der Waals surface area contributed by atoms with Gasteiger partial charge in [0.15, 0.2) is 0 Å². The molecule has 2 heterocycles. The Balaban J connectivity index is 1.70. The van der Waals surface area contributed by atoms with E-state index < -0.39 is 0 Å². The summed E-state index contributed by atoms with van der Waals surface area (Å²) in [5, 5.41) is 1.07. The fourth-order valence-corrected chi connectivity index (χ4v) is 2.87. The smallest absolute Gasteiger partial charge is 0.142 e. The molecule has 5 heteroatoms. The summed E-state index contributed by atoms with van der Waals surface area (Å²) in [6.07, 6.45) is 8.54. The summed E-state index contributed by atoms with van der Waals surface area (Å²) < 4.78 is 0. The molecule has 100 valence electrons. The van der Waals surface area contributed by atoms with E-state index in [1.54, 1.807) is 6.33 Å². The van der Waals surface area contributed by atoms with Crippen molar-refractivity contribution in [1.29, 1.82) is 0 Å². The van der Waals surface area contributed by atoms with Gasteiger partial charge in [-0.2, -0.15) is 0 Å². The molecule has 0 aliphatic heterocycles. The van der Waals surface area contributed by atoms with Crippen LogP contribution in [0.15, 0.2) is 18.6 Å². The van der Waals surface area contributed by atoms with E-state index in [1.807, 2.05) is 12.3 Å². The van der Waals surface area contributed by atoms with Crippen molar-refractivity contribution >= 4 is 23.1 Å². The molecule has 1 saturated carbocycles. The van der Waals surface area contributed by atoms with Crippen LogP contribution in [-0.4, -0.2) is 34.3 Å². The first kappa shape index (κ1) is 12.1. The molecular weight excluding hydrogens is 240 g/mol. The predicted octanol–water partition coefficient (Wildman–Crippen LogP) is 2.15. The van der Waals surface area contributed by atoms with Crippen molar-refractivity contribution in [3.05, 3.63) is 18.6 Å². The van der Waals surface area contributed by atoms with Gasteiger partial charge in [-0.15, -0.1) is 0 Å². The largest absolute Gasteiger partial charge is 0.356 e. The highest BCUT2D eigenvalue weighted by molar-refractivity contribution is 5.87. The zero-order chi connectivity index (χ0) is 13.2. The first-order chi connectivity index (χ1) is 9.29. The van der Waals surface area contributed by atoms with Crippen LogP contribution in [0.1, 0.15) is 25.7 Å². The van der Waals surface area contributed by atoms with Gasteiger partial charge < -0.3 is 14.7 Å². The minimum absolute atomic E-state index is 0.532. The Labute approximate surface area is 112 Å². The summed E-state index contributed by atoms with van der Waals surface area (Å²) in [6.45, 7) is 0. The van der Waals surface area contributed by atoms with E-state index in [0.29, 0.717) is 18.4 Å². The lowest BCUT2D eigenvalue weighted by molar-refractivity contribution is -0.108. The van der Waals surface area contributed by atoms with Gasteiger partial charge in [0, 0.05) is 25.7 Å². The van der Waals surface area contributed by atoms with Crippen molar-refractivity contribution in [2.75, 3.05) is 11.9 Å². The third-order valence-electron chi connectivity index (χ3n) is 4.12. The molecule has 5 nitrogen and oxygen atoms in total. The van der Waals surface area contributed by atoms with Gasteiger partial charge in [-0.1, -0.05) is 0 Å². The zero-order valence-corrected chi connectivity index (χ0v) is 11.0. The molecule has 0 saturated heterocycles. The van der Waals surface area contributed by atoms with E-state index in [9.17, 15) is 4.79 Å². The van der Waals surface area contributed by atoms with Crippen molar-refractivity contribution in [2.24, 2.45) is 5.92 Å². The molecule has 1 aliphatic carbocycles. The number of carbonyl (C=O) groups excluding carboxylic acids is 1. The van der Waals surface area contributed by atoms with E-state index in [0.717, 1.165) is 42.4 Å². The van der Waals surface area contributed by atoms with Crippen LogP contribution in [0.2, 0.25) is 0 Å². The Hall–Kier alpha value is -1.91. The van der Waals surface area contributed by atoms with Crippen LogP contribution in [0.25, 0.3) is 11.0 Å². The lowest BCUT2D eigenvalue weighted by Gasteiger charge is -2.41. The van der Waals surface area contributed by atoms with E-state index in [-0.39, 0.29) is 0 Å². The number of hydrogen-bond acceptors (Lipinski definition) is 4. The number of nitrogens with zero attached hydrogens (tertiary/aromatic N) is 3. The highest BCUT2D eigenvalue weighted by atomic mass is 16.1. The monoisotopic (exact) mass is 258 g/mol. The highest BCUT2D eigenvalue weighted by Crippen LogP contribution is 2.37. The maximum Gasteiger partial charge on any atom is 0.142 e. The van der Waals surface area contributed by atoms with Crippen LogP contribution >= 0.6 is 0 Å². The summed E-state index contributed by atoms with van der Waals surface area (Å²) in [7, 11) is 2.09. The topological polar surface area (TPSA) is 61.9 Å². The number of rotatable bonds is 5. The molecule has 1 aliphatic rings. The average Bonchev–Trinajstić information content (AvgIpc) is 2.84. The van der Waals surface area contributed by atoms with Crippen LogP contribution in [0.4, 0.5) is 5.82 Å². The van der Waals surface area contributed by atoms with Crippen LogP contribution in [0, 0.1) is 5.92 Å². The molecule has 0 aromatic carbocycles. The molecule has 0 bridgehead atoms. The van der Waals surface area contributed by atoms with E-state index in [2.05, 4.69) is 26.9 Å². The van der Waals surface area contributed by atoms with Crippen LogP contribution in [0.3, 0.4) is 0 Å². The Morgan fingerprint density at radius 1 is 1.47 bits per heavy atom. The number of nitrogens with one attached hydrogen (secondary N) is 1. The first-order valence-electron chi connectivity index (χ1n) is 6.74. The standard InChI is InChI=1S/C14H18N4O/c1-18(11-7-10(8-11)3-2-6-19)14-12-4-5-15-13(12)16-9-17-14/h4-6,9-11H,2-3,7-8H2,1H3,(H,15,16,17). The Morgan fingerprint density at radius 2 is 2.32 bits per heavy atom. The third-order valence-corrected chi connectivity index (χ3v) is 4.12. The molecular formula is C14H18N4O. The Bertz CT molecular complexity index is 574.